The van der Waals surface area contributed by atoms with Crippen LogP contribution in [0, 0.1) is 11.8 Å². The first-order valence-electron chi connectivity index (χ1n) is 8.63. The van der Waals surface area contributed by atoms with Crippen LogP contribution in [0.1, 0.15) is 51.0 Å². The molecule has 1 aromatic rings. The van der Waals surface area contributed by atoms with Gasteiger partial charge in [0, 0.05) is 18.6 Å². The predicted octanol–water partition coefficient (Wildman–Crippen LogP) is 3.63. The van der Waals surface area contributed by atoms with E-state index in [4.69, 9.17) is 5.73 Å². The van der Waals surface area contributed by atoms with Crippen molar-refractivity contribution in [3.05, 3.63) is 35.9 Å². The van der Waals surface area contributed by atoms with Crippen LogP contribution in [0.3, 0.4) is 0 Å². The molecule has 2 nitrogen and oxygen atoms in total. The van der Waals surface area contributed by atoms with Gasteiger partial charge in [-0.25, -0.2) is 0 Å². The van der Waals surface area contributed by atoms with Crippen molar-refractivity contribution in [3.8, 4) is 0 Å². The molecule has 0 spiro atoms. The molecular weight excluding hydrogens is 256 g/mol. The summed E-state index contributed by atoms with van der Waals surface area (Å²) < 4.78 is 0. The normalized spacial score (nSPS) is 37.8. The molecule has 3 rings (SSSR count). The summed E-state index contributed by atoms with van der Waals surface area (Å²) in [6, 6.07) is 11.0. The van der Waals surface area contributed by atoms with Crippen molar-refractivity contribution < 1.29 is 0 Å². The number of benzene rings is 1. The molecule has 0 bridgehead atoms. The largest absolute Gasteiger partial charge is 0.329 e. The van der Waals surface area contributed by atoms with Crippen LogP contribution in [0.2, 0.25) is 0 Å². The third-order valence-corrected chi connectivity index (χ3v) is 5.77. The van der Waals surface area contributed by atoms with Gasteiger partial charge in [-0.3, -0.25) is 4.90 Å². The zero-order chi connectivity index (χ0) is 14.9. The fourth-order valence-corrected chi connectivity index (χ4v) is 4.98. The standard InChI is InChI=1S/C19H30N2/c1-15-10-16(2)12-19(11-15,14-20)21-9-8-18(13-21)17-6-4-3-5-7-17/h3-7,15-16,18H,8-14,20H2,1-2H3. The van der Waals surface area contributed by atoms with Gasteiger partial charge in [0.25, 0.3) is 0 Å². The van der Waals surface area contributed by atoms with E-state index in [1.54, 1.807) is 0 Å². The van der Waals surface area contributed by atoms with E-state index in [0.29, 0.717) is 5.92 Å². The van der Waals surface area contributed by atoms with Crippen LogP contribution in [0.15, 0.2) is 30.3 Å². The molecule has 1 aliphatic carbocycles. The lowest BCUT2D eigenvalue weighted by Crippen LogP contribution is -2.56. The number of nitrogens with zero attached hydrogens (tertiary/aromatic N) is 1. The van der Waals surface area contributed by atoms with E-state index >= 15 is 0 Å². The topological polar surface area (TPSA) is 29.3 Å². The van der Waals surface area contributed by atoms with Gasteiger partial charge in [-0.05, 0) is 55.5 Å². The van der Waals surface area contributed by atoms with Gasteiger partial charge in [-0.1, -0.05) is 44.2 Å². The molecule has 0 radical (unpaired) electrons. The van der Waals surface area contributed by atoms with E-state index in [2.05, 4.69) is 49.1 Å². The Morgan fingerprint density at radius 1 is 1.14 bits per heavy atom. The predicted molar refractivity (Wildman–Crippen MR) is 89.3 cm³/mol. The first-order chi connectivity index (χ1) is 10.1. The molecule has 21 heavy (non-hydrogen) atoms. The molecule has 0 amide bonds. The molecule has 1 saturated carbocycles. The summed E-state index contributed by atoms with van der Waals surface area (Å²) in [5, 5.41) is 0. The third kappa shape index (κ3) is 3.02. The summed E-state index contributed by atoms with van der Waals surface area (Å²) in [6.45, 7) is 8.05. The van der Waals surface area contributed by atoms with Crippen molar-refractivity contribution in [2.45, 2.75) is 51.0 Å². The summed E-state index contributed by atoms with van der Waals surface area (Å²) >= 11 is 0. The van der Waals surface area contributed by atoms with E-state index in [9.17, 15) is 0 Å². The second kappa shape index (κ2) is 6.10. The molecule has 0 aromatic heterocycles. The van der Waals surface area contributed by atoms with Gasteiger partial charge in [0.2, 0.25) is 0 Å². The Bertz CT molecular complexity index is 446. The van der Waals surface area contributed by atoms with Gasteiger partial charge in [0.15, 0.2) is 0 Å². The highest BCUT2D eigenvalue weighted by Crippen LogP contribution is 2.42. The van der Waals surface area contributed by atoms with E-state index in [1.165, 1.54) is 44.3 Å². The van der Waals surface area contributed by atoms with Gasteiger partial charge in [0.1, 0.15) is 0 Å². The van der Waals surface area contributed by atoms with Crippen LogP contribution in [-0.2, 0) is 0 Å². The summed E-state index contributed by atoms with van der Waals surface area (Å²) in [5.74, 6) is 2.32. The van der Waals surface area contributed by atoms with Crippen LogP contribution in [-0.4, -0.2) is 30.1 Å². The van der Waals surface area contributed by atoms with Crippen LogP contribution < -0.4 is 5.73 Å². The number of hydrogen-bond donors (Lipinski definition) is 1. The smallest absolute Gasteiger partial charge is 0.0337 e. The van der Waals surface area contributed by atoms with Crippen molar-refractivity contribution in [2.75, 3.05) is 19.6 Å². The fraction of sp³-hybridized carbons (Fsp3) is 0.684. The third-order valence-electron chi connectivity index (χ3n) is 5.77. The minimum Gasteiger partial charge on any atom is -0.329 e. The second-order valence-electron chi connectivity index (χ2n) is 7.63. The lowest BCUT2D eigenvalue weighted by Gasteiger charge is -2.48. The molecule has 2 heteroatoms. The minimum atomic E-state index is 0.264. The lowest BCUT2D eigenvalue weighted by atomic mass is 9.70. The summed E-state index contributed by atoms with van der Waals surface area (Å²) in [5.41, 5.74) is 8.05. The Hall–Kier alpha value is -0.860. The van der Waals surface area contributed by atoms with E-state index in [-0.39, 0.29) is 5.54 Å². The molecule has 1 saturated heterocycles. The highest BCUT2D eigenvalue weighted by Gasteiger charge is 2.44. The van der Waals surface area contributed by atoms with Gasteiger partial charge >= 0.3 is 0 Å². The summed E-state index contributed by atoms with van der Waals surface area (Å²) in [7, 11) is 0. The van der Waals surface area contributed by atoms with Crippen molar-refractivity contribution in [3.63, 3.8) is 0 Å². The van der Waals surface area contributed by atoms with Crippen molar-refractivity contribution in [2.24, 2.45) is 17.6 Å². The molecular formula is C19H30N2. The Morgan fingerprint density at radius 2 is 1.81 bits per heavy atom. The highest BCUT2D eigenvalue weighted by atomic mass is 15.2. The van der Waals surface area contributed by atoms with Crippen molar-refractivity contribution in [1.82, 2.24) is 4.90 Å². The first kappa shape index (κ1) is 15.1. The summed E-state index contributed by atoms with van der Waals surface area (Å²) in [6.07, 6.45) is 5.23. The quantitative estimate of drug-likeness (QED) is 0.919. The maximum absolute atomic E-state index is 6.28. The minimum absolute atomic E-state index is 0.264. The zero-order valence-corrected chi connectivity index (χ0v) is 13.6. The fourth-order valence-electron chi connectivity index (χ4n) is 4.98. The molecule has 1 aliphatic heterocycles. The molecule has 3 atom stereocenters. The van der Waals surface area contributed by atoms with Gasteiger partial charge in [-0.2, -0.15) is 0 Å². The van der Waals surface area contributed by atoms with Crippen molar-refractivity contribution in [1.29, 1.82) is 0 Å². The maximum Gasteiger partial charge on any atom is 0.0337 e. The molecule has 116 valence electrons. The van der Waals surface area contributed by atoms with Crippen LogP contribution in [0.5, 0.6) is 0 Å². The molecule has 1 heterocycles. The van der Waals surface area contributed by atoms with Gasteiger partial charge in [-0.15, -0.1) is 0 Å². The monoisotopic (exact) mass is 286 g/mol. The average molecular weight is 286 g/mol. The Balaban J connectivity index is 1.74. The maximum atomic E-state index is 6.28. The van der Waals surface area contributed by atoms with Gasteiger partial charge < -0.3 is 5.73 Å². The number of likely N-dealkylation sites (tertiary alicyclic amines) is 1. The van der Waals surface area contributed by atoms with Gasteiger partial charge in [0.05, 0.1) is 0 Å². The highest BCUT2D eigenvalue weighted by molar-refractivity contribution is 5.21. The van der Waals surface area contributed by atoms with E-state index in [0.717, 1.165) is 18.4 Å². The average Bonchev–Trinajstić information content (AvgIpc) is 2.97. The molecule has 2 fully saturated rings. The lowest BCUT2D eigenvalue weighted by molar-refractivity contribution is 0.0362. The SMILES string of the molecule is CC1CC(C)CC(CN)(N2CCC(c3ccccc3)C2)C1. The number of hydrogen-bond acceptors (Lipinski definition) is 2. The molecule has 2 N–H and O–H groups in total. The molecule has 3 unspecified atom stereocenters. The number of nitrogens with two attached hydrogens (primary N) is 1. The van der Waals surface area contributed by atoms with Crippen LogP contribution >= 0.6 is 0 Å². The zero-order valence-electron chi connectivity index (χ0n) is 13.6. The Morgan fingerprint density at radius 3 is 2.43 bits per heavy atom. The van der Waals surface area contributed by atoms with Crippen LogP contribution in [0.4, 0.5) is 0 Å². The van der Waals surface area contributed by atoms with Crippen LogP contribution in [0.25, 0.3) is 0 Å². The Kier molecular flexibility index (Phi) is 4.37. The summed E-state index contributed by atoms with van der Waals surface area (Å²) in [4.78, 5) is 2.73. The van der Waals surface area contributed by atoms with E-state index in [1.807, 2.05) is 0 Å². The molecule has 1 aromatic carbocycles. The first-order valence-corrected chi connectivity index (χ1v) is 8.63. The number of rotatable bonds is 3. The van der Waals surface area contributed by atoms with Crippen molar-refractivity contribution >= 4 is 0 Å². The second-order valence-corrected chi connectivity index (χ2v) is 7.63. The Labute approximate surface area is 129 Å². The van der Waals surface area contributed by atoms with E-state index < -0.39 is 0 Å². The molecule has 2 aliphatic rings.